The highest BCUT2D eigenvalue weighted by molar-refractivity contribution is 5.55. The number of aromatic nitrogens is 2. The average Bonchev–Trinajstić information content (AvgIpc) is 2.81. The molecule has 2 N–H and O–H groups in total. The van der Waals surface area contributed by atoms with Crippen molar-refractivity contribution in [3.05, 3.63) is 36.0 Å². The van der Waals surface area contributed by atoms with E-state index in [1.807, 2.05) is 6.92 Å². The van der Waals surface area contributed by atoms with Crippen molar-refractivity contribution in [2.75, 3.05) is 11.4 Å². The van der Waals surface area contributed by atoms with E-state index in [-0.39, 0.29) is 12.4 Å². The number of hydrogen-bond donors (Lipinski definition) is 1. The molecule has 1 aromatic carbocycles. The average molecular weight is 236 g/mol. The third-order valence-corrected chi connectivity index (χ3v) is 2.32. The van der Waals surface area contributed by atoms with E-state index in [1.165, 1.54) is 12.1 Å². The van der Waals surface area contributed by atoms with Crippen molar-refractivity contribution in [1.82, 2.24) is 10.2 Å². The lowest BCUT2D eigenvalue weighted by Crippen LogP contribution is -2.16. The Labute approximate surface area is 98.1 Å². The highest BCUT2D eigenvalue weighted by Gasteiger charge is 2.14. The molecule has 0 amide bonds. The lowest BCUT2D eigenvalue weighted by atomic mass is 10.3. The van der Waals surface area contributed by atoms with E-state index in [2.05, 4.69) is 10.2 Å². The normalized spacial score (nSPS) is 10.5. The van der Waals surface area contributed by atoms with Crippen LogP contribution in [0, 0.1) is 5.82 Å². The molecule has 0 unspecified atom stereocenters. The summed E-state index contributed by atoms with van der Waals surface area (Å²) in [4.78, 5) is 1.78. The van der Waals surface area contributed by atoms with Crippen LogP contribution in [0.25, 0.3) is 0 Å². The maximum atomic E-state index is 12.8. The molecule has 0 fully saturated rings. The first-order valence-electron chi connectivity index (χ1n) is 5.30. The summed E-state index contributed by atoms with van der Waals surface area (Å²) >= 11 is 0. The van der Waals surface area contributed by atoms with E-state index in [0.717, 1.165) is 5.69 Å². The Bertz CT molecular complexity index is 482. The molecule has 17 heavy (non-hydrogen) atoms. The number of anilines is 2. The highest BCUT2D eigenvalue weighted by atomic mass is 19.1. The lowest BCUT2D eigenvalue weighted by molar-refractivity contribution is 0.497. The second-order valence-electron chi connectivity index (χ2n) is 3.40. The quantitative estimate of drug-likeness (QED) is 0.877. The van der Waals surface area contributed by atoms with E-state index >= 15 is 0 Å². The first kappa shape index (κ1) is 11.5. The number of nitrogens with two attached hydrogens (primary N) is 1. The van der Waals surface area contributed by atoms with E-state index < -0.39 is 0 Å². The minimum Gasteiger partial charge on any atom is -0.406 e. The van der Waals surface area contributed by atoms with Crippen molar-refractivity contribution in [2.45, 2.75) is 13.5 Å². The predicted octanol–water partition coefficient (Wildman–Crippen LogP) is 1.83. The molecule has 0 atom stereocenters. The molecule has 1 heterocycles. The molecule has 1 aromatic heterocycles. The van der Waals surface area contributed by atoms with Gasteiger partial charge >= 0.3 is 6.01 Å². The standard InChI is InChI=1S/C11H13FN4O/c1-2-16(9-5-3-8(12)4-6-9)11-15-14-10(7-13)17-11/h3-6H,2,7,13H2,1H3. The summed E-state index contributed by atoms with van der Waals surface area (Å²) in [5.41, 5.74) is 6.19. The van der Waals surface area contributed by atoms with Gasteiger partial charge in [0, 0.05) is 12.2 Å². The van der Waals surface area contributed by atoms with E-state index in [0.29, 0.717) is 18.5 Å². The third kappa shape index (κ3) is 2.42. The molecule has 6 heteroatoms. The Morgan fingerprint density at radius 1 is 1.29 bits per heavy atom. The second-order valence-corrected chi connectivity index (χ2v) is 3.40. The number of hydrogen-bond acceptors (Lipinski definition) is 5. The number of rotatable bonds is 4. The predicted molar refractivity (Wildman–Crippen MR) is 61.3 cm³/mol. The largest absolute Gasteiger partial charge is 0.406 e. The molecule has 0 aliphatic carbocycles. The second kappa shape index (κ2) is 4.92. The molecule has 90 valence electrons. The summed E-state index contributed by atoms with van der Waals surface area (Å²) in [6.07, 6.45) is 0. The Morgan fingerprint density at radius 3 is 2.53 bits per heavy atom. The summed E-state index contributed by atoms with van der Waals surface area (Å²) in [6.45, 7) is 2.78. The molecule has 0 aliphatic rings. The Hall–Kier alpha value is -1.95. The molecule has 0 aliphatic heterocycles. The van der Waals surface area contributed by atoms with Gasteiger partial charge in [-0.05, 0) is 31.2 Å². The van der Waals surface area contributed by atoms with Gasteiger partial charge in [0.05, 0.1) is 6.54 Å². The molecule has 0 radical (unpaired) electrons. The summed E-state index contributed by atoms with van der Waals surface area (Å²) in [5.74, 6) is 0.0959. The minimum absolute atomic E-state index is 0.202. The van der Waals surface area contributed by atoms with Crippen molar-refractivity contribution >= 4 is 11.7 Å². The van der Waals surface area contributed by atoms with Gasteiger partial charge in [-0.3, -0.25) is 4.90 Å². The van der Waals surface area contributed by atoms with Gasteiger partial charge < -0.3 is 10.2 Å². The molecular weight excluding hydrogens is 223 g/mol. The number of nitrogens with zero attached hydrogens (tertiary/aromatic N) is 3. The zero-order valence-electron chi connectivity index (χ0n) is 9.43. The SMILES string of the molecule is CCN(c1ccc(F)cc1)c1nnc(CN)o1. The van der Waals surface area contributed by atoms with Gasteiger partial charge in [0.1, 0.15) is 5.82 Å². The molecule has 2 aromatic rings. The fourth-order valence-electron chi connectivity index (χ4n) is 1.49. The summed E-state index contributed by atoms with van der Waals surface area (Å²) in [5, 5.41) is 7.68. The minimum atomic E-state index is -0.280. The van der Waals surface area contributed by atoms with Crippen LogP contribution in [0.2, 0.25) is 0 Å². The number of halogens is 1. The number of benzene rings is 1. The third-order valence-electron chi connectivity index (χ3n) is 2.32. The Morgan fingerprint density at radius 2 is 2.00 bits per heavy atom. The van der Waals surface area contributed by atoms with Crippen LogP contribution in [0.4, 0.5) is 16.1 Å². The van der Waals surface area contributed by atoms with Crippen LogP contribution >= 0.6 is 0 Å². The van der Waals surface area contributed by atoms with Crippen LogP contribution in [-0.4, -0.2) is 16.7 Å². The van der Waals surface area contributed by atoms with Crippen LogP contribution in [0.15, 0.2) is 28.7 Å². The fourth-order valence-corrected chi connectivity index (χ4v) is 1.49. The van der Waals surface area contributed by atoms with Gasteiger partial charge in [-0.2, -0.15) is 0 Å². The van der Waals surface area contributed by atoms with Crippen LogP contribution < -0.4 is 10.6 Å². The van der Waals surface area contributed by atoms with Crippen LogP contribution in [0.3, 0.4) is 0 Å². The summed E-state index contributed by atoms with van der Waals surface area (Å²) < 4.78 is 18.2. The van der Waals surface area contributed by atoms with Gasteiger partial charge in [0.2, 0.25) is 5.89 Å². The maximum Gasteiger partial charge on any atom is 0.322 e. The van der Waals surface area contributed by atoms with Crippen molar-refractivity contribution in [2.24, 2.45) is 5.73 Å². The van der Waals surface area contributed by atoms with E-state index in [1.54, 1.807) is 17.0 Å². The highest BCUT2D eigenvalue weighted by Crippen LogP contribution is 2.23. The summed E-state index contributed by atoms with van der Waals surface area (Å²) in [6, 6.07) is 6.45. The zero-order chi connectivity index (χ0) is 12.3. The first-order chi connectivity index (χ1) is 8.24. The van der Waals surface area contributed by atoms with E-state index in [9.17, 15) is 4.39 Å². The van der Waals surface area contributed by atoms with Gasteiger partial charge in [0.15, 0.2) is 0 Å². The lowest BCUT2D eigenvalue weighted by Gasteiger charge is -2.17. The van der Waals surface area contributed by atoms with Gasteiger partial charge in [-0.15, -0.1) is 5.10 Å². The molecule has 0 bridgehead atoms. The van der Waals surface area contributed by atoms with Crippen LogP contribution in [0.5, 0.6) is 0 Å². The molecule has 0 saturated heterocycles. The Kier molecular flexibility index (Phi) is 3.34. The van der Waals surface area contributed by atoms with Crippen molar-refractivity contribution in [1.29, 1.82) is 0 Å². The summed E-state index contributed by atoms with van der Waals surface area (Å²) in [7, 11) is 0. The fraction of sp³-hybridized carbons (Fsp3) is 0.273. The van der Waals surface area contributed by atoms with Crippen molar-refractivity contribution in [3.63, 3.8) is 0 Å². The van der Waals surface area contributed by atoms with Gasteiger partial charge in [-0.1, -0.05) is 5.10 Å². The smallest absolute Gasteiger partial charge is 0.322 e. The molecular formula is C11H13FN4O. The first-order valence-corrected chi connectivity index (χ1v) is 5.30. The van der Waals surface area contributed by atoms with E-state index in [4.69, 9.17) is 10.2 Å². The van der Waals surface area contributed by atoms with Crippen molar-refractivity contribution in [3.8, 4) is 0 Å². The maximum absolute atomic E-state index is 12.8. The molecule has 0 saturated carbocycles. The van der Waals surface area contributed by atoms with Gasteiger partial charge in [0.25, 0.3) is 0 Å². The zero-order valence-corrected chi connectivity index (χ0v) is 9.43. The monoisotopic (exact) mass is 236 g/mol. The van der Waals surface area contributed by atoms with Gasteiger partial charge in [-0.25, -0.2) is 4.39 Å². The molecule has 5 nitrogen and oxygen atoms in total. The molecule has 0 spiro atoms. The molecule has 2 rings (SSSR count). The van der Waals surface area contributed by atoms with Crippen molar-refractivity contribution < 1.29 is 8.81 Å². The Balaban J connectivity index is 2.29. The topological polar surface area (TPSA) is 68.2 Å². The van der Waals surface area contributed by atoms with Crippen LogP contribution in [0.1, 0.15) is 12.8 Å². The van der Waals surface area contributed by atoms with Crippen LogP contribution in [-0.2, 0) is 6.54 Å².